The molecule has 1 amide bonds. The summed E-state index contributed by atoms with van der Waals surface area (Å²) < 4.78 is 0. The van der Waals surface area contributed by atoms with E-state index in [4.69, 9.17) is 5.73 Å². The fraction of sp³-hybridized carbons (Fsp3) is 0.588. The van der Waals surface area contributed by atoms with E-state index in [0.29, 0.717) is 12.5 Å². The van der Waals surface area contributed by atoms with Gasteiger partial charge in [0.2, 0.25) is 5.91 Å². The van der Waals surface area contributed by atoms with Crippen LogP contribution in [-0.2, 0) is 11.2 Å². The van der Waals surface area contributed by atoms with Crippen LogP contribution in [0.3, 0.4) is 0 Å². The average molecular weight is 274 g/mol. The number of nitrogens with two attached hydrogens (primary N) is 1. The molecule has 0 radical (unpaired) electrons. The topological polar surface area (TPSA) is 55.1 Å². The lowest BCUT2D eigenvalue weighted by atomic mass is 9.96. The van der Waals surface area contributed by atoms with E-state index in [2.05, 4.69) is 5.32 Å². The lowest BCUT2D eigenvalue weighted by Crippen LogP contribution is -2.46. The molecule has 1 fully saturated rings. The van der Waals surface area contributed by atoms with Crippen molar-refractivity contribution in [1.29, 1.82) is 0 Å². The molecule has 1 aliphatic rings. The van der Waals surface area contributed by atoms with Gasteiger partial charge in [0.1, 0.15) is 0 Å². The molecule has 0 aliphatic heterocycles. The molecule has 0 heterocycles. The average Bonchev–Trinajstić information content (AvgIpc) is 2.42. The number of hydrogen-bond acceptors (Lipinski definition) is 2. The highest BCUT2D eigenvalue weighted by atomic mass is 16.2. The number of hydrogen-bond donors (Lipinski definition) is 2. The predicted molar refractivity (Wildman–Crippen MR) is 82.4 cm³/mol. The maximum Gasteiger partial charge on any atom is 0.237 e. The lowest BCUT2D eigenvalue weighted by Gasteiger charge is -2.23. The summed E-state index contributed by atoms with van der Waals surface area (Å²) in [5.41, 5.74) is 7.14. The number of amides is 1. The molecule has 1 atom stereocenters. The zero-order valence-electron chi connectivity index (χ0n) is 12.2. The van der Waals surface area contributed by atoms with Crippen LogP contribution >= 0.6 is 0 Å². The van der Waals surface area contributed by atoms with Gasteiger partial charge in [0, 0.05) is 6.04 Å². The Morgan fingerprint density at radius 1 is 1.10 bits per heavy atom. The monoisotopic (exact) mass is 274 g/mol. The minimum absolute atomic E-state index is 0.000531. The second-order valence-corrected chi connectivity index (χ2v) is 5.85. The molecule has 110 valence electrons. The van der Waals surface area contributed by atoms with Gasteiger partial charge in [0.25, 0.3) is 0 Å². The van der Waals surface area contributed by atoms with Gasteiger partial charge in [-0.25, -0.2) is 0 Å². The summed E-state index contributed by atoms with van der Waals surface area (Å²) in [5, 5.41) is 3.14. The number of carbonyl (C=O) groups excluding carboxylic acids is 1. The van der Waals surface area contributed by atoms with Crippen LogP contribution in [0.2, 0.25) is 0 Å². The fourth-order valence-corrected chi connectivity index (χ4v) is 2.87. The lowest BCUT2D eigenvalue weighted by molar-refractivity contribution is -0.123. The third kappa shape index (κ3) is 4.97. The molecule has 1 saturated carbocycles. The van der Waals surface area contributed by atoms with E-state index in [1.165, 1.54) is 32.1 Å². The Kier molecular flexibility index (Phi) is 6.06. The van der Waals surface area contributed by atoms with Crippen molar-refractivity contribution in [3.63, 3.8) is 0 Å². The SMILES string of the molecule is NC(Cc1ccccc1)C(=O)NC1CCCCCCC1. The summed E-state index contributed by atoms with van der Waals surface area (Å²) >= 11 is 0. The largest absolute Gasteiger partial charge is 0.352 e. The first-order valence-electron chi connectivity index (χ1n) is 7.85. The summed E-state index contributed by atoms with van der Waals surface area (Å²) in [6.45, 7) is 0. The molecule has 20 heavy (non-hydrogen) atoms. The van der Waals surface area contributed by atoms with Crippen molar-refractivity contribution >= 4 is 5.91 Å². The molecule has 3 nitrogen and oxygen atoms in total. The summed E-state index contributed by atoms with van der Waals surface area (Å²) in [6.07, 6.45) is 9.18. The van der Waals surface area contributed by atoms with Crippen molar-refractivity contribution in [3.05, 3.63) is 35.9 Å². The summed E-state index contributed by atoms with van der Waals surface area (Å²) in [4.78, 5) is 12.2. The first kappa shape index (κ1) is 15.0. The van der Waals surface area contributed by atoms with Gasteiger partial charge >= 0.3 is 0 Å². The van der Waals surface area contributed by atoms with Gasteiger partial charge in [0.15, 0.2) is 0 Å². The van der Waals surface area contributed by atoms with Crippen LogP contribution in [0.1, 0.15) is 50.5 Å². The molecule has 0 spiro atoms. The maximum absolute atomic E-state index is 12.2. The minimum atomic E-state index is -0.442. The van der Waals surface area contributed by atoms with Crippen LogP contribution in [0.4, 0.5) is 0 Å². The zero-order valence-corrected chi connectivity index (χ0v) is 12.2. The van der Waals surface area contributed by atoms with Crippen molar-refractivity contribution in [2.24, 2.45) is 5.73 Å². The Hall–Kier alpha value is -1.35. The van der Waals surface area contributed by atoms with Crippen LogP contribution in [0.15, 0.2) is 30.3 Å². The fourth-order valence-electron chi connectivity index (χ4n) is 2.87. The van der Waals surface area contributed by atoms with E-state index >= 15 is 0 Å². The van der Waals surface area contributed by atoms with E-state index < -0.39 is 6.04 Å². The zero-order chi connectivity index (χ0) is 14.2. The van der Waals surface area contributed by atoms with E-state index in [9.17, 15) is 4.79 Å². The number of rotatable bonds is 4. The Balaban J connectivity index is 1.80. The quantitative estimate of drug-likeness (QED) is 0.887. The van der Waals surface area contributed by atoms with Gasteiger partial charge in [-0.05, 0) is 24.8 Å². The Morgan fingerprint density at radius 3 is 2.35 bits per heavy atom. The van der Waals surface area contributed by atoms with E-state index in [-0.39, 0.29) is 5.91 Å². The molecule has 1 aliphatic carbocycles. The molecule has 0 saturated heterocycles. The first-order chi connectivity index (χ1) is 9.75. The van der Waals surface area contributed by atoms with Gasteiger partial charge in [0.05, 0.1) is 6.04 Å². The van der Waals surface area contributed by atoms with E-state index in [0.717, 1.165) is 18.4 Å². The third-order valence-electron chi connectivity index (χ3n) is 4.09. The highest BCUT2D eigenvalue weighted by Crippen LogP contribution is 2.17. The van der Waals surface area contributed by atoms with Crippen molar-refractivity contribution in [3.8, 4) is 0 Å². The number of carbonyl (C=O) groups is 1. The van der Waals surface area contributed by atoms with E-state index in [1.54, 1.807) is 0 Å². The maximum atomic E-state index is 12.2. The highest BCUT2D eigenvalue weighted by Gasteiger charge is 2.18. The van der Waals surface area contributed by atoms with Crippen LogP contribution in [0, 0.1) is 0 Å². The Morgan fingerprint density at radius 2 is 1.70 bits per heavy atom. The van der Waals surface area contributed by atoms with Crippen molar-refractivity contribution in [2.45, 2.75) is 63.5 Å². The normalized spacial score (nSPS) is 18.9. The van der Waals surface area contributed by atoms with Gasteiger partial charge in [-0.15, -0.1) is 0 Å². The Bertz CT molecular complexity index is 397. The second-order valence-electron chi connectivity index (χ2n) is 5.85. The predicted octanol–water partition coefficient (Wildman–Crippen LogP) is 2.79. The molecule has 3 heteroatoms. The highest BCUT2D eigenvalue weighted by molar-refractivity contribution is 5.82. The molecular weight excluding hydrogens is 248 g/mol. The molecule has 1 aromatic rings. The Labute approximate surface area is 121 Å². The van der Waals surface area contributed by atoms with Crippen molar-refractivity contribution in [1.82, 2.24) is 5.32 Å². The van der Waals surface area contributed by atoms with Crippen LogP contribution in [0.25, 0.3) is 0 Å². The molecule has 3 N–H and O–H groups in total. The molecule has 1 aromatic carbocycles. The first-order valence-corrected chi connectivity index (χ1v) is 7.85. The van der Waals surface area contributed by atoms with Crippen LogP contribution in [-0.4, -0.2) is 18.0 Å². The second kappa shape index (κ2) is 8.05. The summed E-state index contributed by atoms with van der Waals surface area (Å²) in [7, 11) is 0. The van der Waals surface area contributed by atoms with E-state index in [1.807, 2.05) is 30.3 Å². The third-order valence-corrected chi connectivity index (χ3v) is 4.09. The standard InChI is InChI=1S/C17H26N2O/c18-16(13-14-9-5-4-6-10-14)17(20)19-15-11-7-2-1-3-8-12-15/h4-6,9-10,15-16H,1-3,7-8,11-13,18H2,(H,19,20). The number of nitrogens with one attached hydrogen (secondary N) is 1. The minimum Gasteiger partial charge on any atom is -0.352 e. The van der Waals surface area contributed by atoms with Crippen LogP contribution in [0.5, 0.6) is 0 Å². The molecule has 2 rings (SSSR count). The number of benzene rings is 1. The van der Waals surface area contributed by atoms with Crippen molar-refractivity contribution in [2.75, 3.05) is 0 Å². The van der Waals surface area contributed by atoms with Gasteiger partial charge in [-0.1, -0.05) is 62.4 Å². The summed E-state index contributed by atoms with van der Waals surface area (Å²) in [5.74, 6) is -0.000531. The molecule has 1 unspecified atom stereocenters. The molecule has 0 aromatic heterocycles. The van der Waals surface area contributed by atoms with Gasteiger partial charge in [-0.3, -0.25) is 4.79 Å². The van der Waals surface area contributed by atoms with Gasteiger partial charge < -0.3 is 11.1 Å². The molecular formula is C17H26N2O. The van der Waals surface area contributed by atoms with Gasteiger partial charge in [-0.2, -0.15) is 0 Å². The smallest absolute Gasteiger partial charge is 0.237 e. The van der Waals surface area contributed by atoms with Crippen LogP contribution < -0.4 is 11.1 Å². The van der Waals surface area contributed by atoms with Crippen molar-refractivity contribution < 1.29 is 4.79 Å². The summed E-state index contributed by atoms with van der Waals surface area (Å²) in [6, 6.07) is 9.85. The molecule has 0 bridgehead atoms.